The van der Waals surface area contributed by atoms with E-state index in [1.54, 1.807) is 48.5 Å². The van der Waals surface area contributed by atoms with E-state index in [2.05, 4.69) is 5.32 Å². The lowest BCUT2D eigenvalue weighted by atomic mass is 9.97. The summed E-state index contributed by atoms with van der Waals surface area (Å²) in [6, 6.07) is 20.7. The summed E-state index contributed by atoms with van der Waals surface area (Å²) in [4.78, 5) is 41.4. The van der Waals surface area contributed by atoms with Crippen molar-refractivity contribution in [3.05, 3.63) is 112 Å². The van der Waals surface area contributed by atoms with Crippen molar-refractivity contribution in [1.29, 1.82) is 0 Å². The van der Waals surface area contributed by atoms with Crippen LogP contribution in [0.5, 0.6) is 0 Å². The molecule has 2 N–H and O–H groups in total. The number of carbonyl (C=O) groups is 3. The highest BCUT2D eigenvalue weighted by atomic mass is 35.5. The van der Waals surface area contributed by atoms with Gasteiger partial charge in [0.05, 0.1) is 11.3 Å². The number of hydrogen-bond donors (Lipinski definition) is 2. The lowest BCUT2D eigenvalue weighted by Gasteiger charge is -2.34. The highest BCUT2D eigenvalue weighted by molar-refractivity contribution is 6.30. The highest BCUT2D eigenvalue weighted by Crippen LogP contribution is 2.39. The third-order valence-electron chi connectivity index (χ3n) is 6.02. The Labute approximate surface area is 210 Å². The van der Waals surface area contributed by atoms with Gasteiger partial charge >= 0.3 is 5.97 Å². The summed E-state index contributed by atoms with van der Waals surface area (Å²) in [5, 5.41) is 15.6. The summed E-state index contributed by atoms with van der Waals surface area (Å²) in [5.41, 5.74) is 1.26. The summed E-state index contributed by atoms with van der Waals surface area (Å²) in [5.74, 6) is -2.40. The molecule has 4 aromatic carbocycles. The number of hydrogen-bond acceptors (Lipinski definition) is 3. The lowest BCUT2D eigenvalue weighted by molar-refractivity contribution is -0.144. The second-order valence-electron chi connectivity index (χ2n) is 8.19. The van der Waals surface area contributed by atoms with Crippen molar-refractivity contribution in [2.75, 3.05) is 5.32 Å². The predicted octanol–water partition coefficient (Wildman–Crippen LogP) is 6.11. The molecule has 0 radical (unpaired) electrons. The van der Waals surface area contributed by atoms with E-state index in [4.69, 9.17) is 23.2 Å². The van der Waals surface area contributed by atoms with Crippen molar-refractivity contribution >= 4 is 57.4 Å². The van der Waals surface area contributed by atoms with Crippen molar-refractivity contribution < 1.29 is 19.5 Å². The topological polar surface area (TPSA) is 86.7 Å². The van der Waals surface area contributed by atoms with Gasteiger partial charge in [0.2, 0.25) is 0 Å². The molecule has 6 nitrogen and oxygen atoms in total. The van der Waals surface area contributed by atoms with Gasteiger partial charge in [0.25, 0.3) is 11.8 Å². The normalized spacial score (nSPS) is 16.4. The van der Waals surface area contributed by atoms with Crippen LogP contribution < -0.4 is 5.32 Å². The molecule has 0 aromatic heterocycles. The van der Waals surface area contributed by atoms with Crippen LogP contribution in [0.15, 0.2) is 84.9 Å². The van der Waals surface area contributed by atoms with Gasteiger partial charge in [0, 0.05) is 10.0 Å². The number of nitrogens with zero attached hydrogens (tertiary/aromatic N) is 1. The van der Waals surface area contributed by atoms with E-state index in [1.807, 2.05) is 24.3 Å². The number of aliphatic carboxylic acids is 1. The lowest BCUT2D eigenvalue weighted by Crippen LogP contribution is -2.44. The van der Waals surface area contributed by atoms with Crippen molar-refractivity contribution in [1.82, 2.24) is 4.90 Å². The maximum absolute atomic E-state index is 14.1. The smallest absolute Gasteiger partial charge is 0.331 e. The molecule has 2 amide bonds. The van der Waals surface area contributed by atoms with Crippen LogP contribution in [0, 0.1) is 0 Å². The summed E-state index contributed by atoms with van der Waals surface area (Å²) in [6.07, 6.45) is 0. The fourth-order valence-corrected chi connectivity index (χ4v) is 4.65. The Kier molecular flexibility index (Phi) is 5.93. The number of halogens is 2. The second kappa shape index (κ2) is 9.06. The number of benzene rings is 4. The van der Waals surface area contributed by atoms with E-state index in [9.17, 15) is 19.5 Å². The van der Waals surface area contributed by atoms with E-state index in [1.165, 1.54) is 12.1 Å². The zero-order valence-corrected chi connectivity index (χ0v) is 19.6. The van der Waals surface area contributed by atoms with Gasteiger partial charge in [-0.2, -0.15) is 0 Å². The molecule has 0 fully saturated rings. The average molecular weight is 505 g/mol. The van der Waals surface area contributed by atoms with Crippen LogP contribution in [0.2, 0.25) is 10.0 Å². The Morgan fingerprint density at radius 3 is 2.03 bits per heavy atom. The zero-order valence-electron chi connectivity index (χ0n) is 18.1. The molecule has 0 saturated heterocycles. The van der Waals surface area contributed by atoms with Crippen molar-refractivity contribution in [3.63, 3.8) is 0 Å². The molecule has 1 aliphatic rings. The SMILES string of the molecule is O=C(O)C(c1ccc(Cl)cc1)N1C(=O)c2cc3ccccc3cc2NC(=O)C1c1ccc(Cl)cc1. The number of anilines is 1. The Balaban J connectivity index is 1.75. The van der Waals surface area contributed by atoms with Gasteiger partial charge in [-0.3, -0.25) is 9.59 Å². The number of carboxylic acid groups (broad SMARTS) is 1. The van der Waals surface area contributed by atoms with E-state index in [0.717, 1.165) is 15.7 Å². The minimum atomic E-state index is -1.45. The molecule has 1 aliphatic heterocycles. The van der Waals surface area contributed by atoms with Gasteiger partial charge in [-0.05, 0) is 58.3 Å². The van der Waals surface area contributed by atoms with Crippen LogP contribution in [-0.2, 0) is 9.59 Å². The third-order valence-corrected chi connectivity index (χ3v) is 6.52. The van der Waals surface area contributed by atoms with Crippen molar-refractivity contribution in [2.24, 2.45) is 0 Å². The Hall–Kier alpha value is -3.87. The van der Waals surface area contributed by atoms with E-state index in [-0.39, 0.29) is 5.56 Å². The Morgan fingerprint density at radius 1 is 0.857 bits per heavy atom. The summed E-state index contributed by atoms with van der Waals surface area (Å²) >= 11 is 12.1. The van der Waals surface area contributed by atoms with Crippen LogP contribution in [0.4, 0.5) is 5.69 Å². The van der Waals surface area contributed by atoms with Gasteiger partial charge in [-0.1, -0.05) is 71.7 Å². The molecule has 35 heavy (non-hydrogen) atoms. The van der Waals surface area contributed by atoms with Crippen molar-refractivity contribution in [3.8, 4) is 0 Å². The molecule has 0 aliphatic carbocycles. The van der Waals surface area contributed by atoms with Gasteiger partial charge in [-0.15, -0.1) is 0 Å². The van der Waals surface area contributed by atoms with E-state index >= 15 is 0 Å². The van der Waals surface area contributed by atoms with Crippen LogP contribution in [0.25, 0.3) is 10.8 Å². The maximum atomic E-state index is 14.1. The van der Waals surface area contributed by atoms with Gasteiger partial charge in [0.15, 0.2) is 6.04 Å². The predicted molar refractivity (Wildman–Crippen MR) is 135 cm³/mol. The first-order valence-corrected chi connectivity index (χ1v) is 11.5. The summed E-state index contributed by atoms with van der Waals surface area (Å²) < 4.78 is 0. The van der Waals surface area contributed by atoms with E-state index in [0.29, 0.717) is 26.9 Å². The third kappa shape index (κ3) is 4.22. The Morgan fingerprint density at radius 2 is 1.43 bits per heavy atom. The molecule has 2 atom stereocenters. The zero-order chi connectivity index (χ0) is 24.7. The average Bonchev–Trinajstić information content (AvgIpc) is 2.94. The molecule has 8 heteroatoms. The summed E-state index contributed by atoms with van der Waals surface area (Å²) in [6.45, 7) is 0. The van der Waals surface area contributed by atoms with Crippen LogP contribution in [0.3, 0.4) is 0 Å². The molecule has 0 saturated carbocycles. The monoisotopic (exact) mass is 504 g/mol. The molecule has 2 unspecified atom stereocenters. The number of amides is 2. The minimum Gasteiger partial charge on any atom is -0.479 e. The maximum Gasteiger partial charge on any atom is 0.331 e. The van der Waals surface area contributed by atoms with Crippen LogP contribution >= 0.6 is 23.2 Å². The standard InChI is InChI=1S/C27H18Cl2N2O4/c28-19-9-5-15(6-10-19)23-25(32)30-22-14-18-4-2-1-3-17(18)13-21(22)26(33)31(23)24(27(34)35)16-7-11-20(29)12-8-16/h1-14,23-24H,(H,30,32)(H,34,35). The molecule has 174 valence electrons. The molecule has 4 aromatic rings. The molecule has 0 spiro atoms. The summed E-state index contributed by atoms with van der Waals surface area (Å²) in [7, 11) is 0. The quantitative estimate of drug-likeness (QED) is 0.351. The number of nitrogens with one attached hydrogen (secondary N) is 1. The van der Waals surface area contributed by atoms with Crippen molar-refractivity contribution in [2.45, 2.75) is 12.1 Å². The number of fused-ring (bicyclic) bond motifs is 2. The molecule has 5 rings (SSSR count). The van der Waals surface area contributed by atoms with Crippen LogP contribution in [-0.4, -0.2) is 27.8 Å². The van der Waals surface area contributed by atoms with E-state index < -0.39 is 29.9 Å². The number of rotatable bonds is 4. The first kappa shape index (κ1) is 22.9. The minimum absolute atomic E-state index is 0.203. The van der Waals surface area contributed by atoms with Crippen LogP contribution in [0.1, 0.15) is 33.6 Å². The number of carboxylic acids is 1. The highest BCUT2D eigenvalue weighted by Gasteiger charge is 2.44. The van der Waals surface area contributed by atoms with Gasteiger partial charge < -0.3 is 15.3 Å². The molecule has 0 bridgehead atoms. The van der Waals surface area contributed by atoms with Gasteiger partial charge in [-0.25, -0.2) is 4.79 Å². The van der Waals surface area contributed by atoms with Gasteiger partial charge in [0.1, 0.15) is 6.04 Å². The first-order chi connectivity index (χ1) is 16.8. The fraction of sp³-hybridized carbons (Fsp3) is 0.0741. The molecular formula is C27H18Cl2N2O4. The number of carbonyl (C=O) groups excluding carboxylic acids is 2. The first-order valence-electron chi connectivity index (χ1n) is 10.7. The molecular weight excluding hydrogens is 487 g/mol. The molecule has 1 heterocycles. The Bertz CT molecular complexity index is 1470. The fourth-order valence-electron chi connectivity index (χ4n) is 4.40. The second-order valence-corrected chi connectivity index (χ2v) is 9.07. The largest absolute Gasteiger partial charge is 0.479 e.